The van der Waals surface area contributed by atoms with E-state index in [-0.39, 0.29) is 0 Å². The summed E-state index contributed by atoms with van der Waals surface area (Å²) in [7, 11) is 3.23. The average Bonchev–Trinajstić information content (AvgIpc) is 2.67. The van der Waals surface area contributed by atoms with E-state index in [2.05, 4.69) is 15.3 Å². The Morgan fingerprint density at radius 3 is 1.56 bits per heavy atom. The van der Waals surface area contributed by atoms with Gasteiger partial charge in [-0.3, -0.25) is 0 Å². The fourth-order valence-corrected chi connectivity index (χ4v) is 2.83. The van der Waals surface area contributed by atoms with Crippen LogP contribution in [0, 0.1) is 0 Å². The summed E-state index contributed by atoms with van der Waals surface area (Å²) >= 11 is 0. The number of pyridine rings is 2. The van der Waals surface area contributed by atoms with Crippen molar-refractivity contribution in [3.63, 3.8) is 0 Å². The van der Waals surface area contributed by atoms with Crippen LogP contribution in [0.1, 0.15) is 0 Å². The molecule has 0 aliphatic rings. The summed E-state index contributed by atoms with van der Waals surface area (Å²) in [5.74, 6) is 1.17. The lowest BCUT2D eigenvalue weighted by Crippen LogP contribution is -1.97. The van der Waals surface area contributed by atoms with E-state index in [1.807, 2.05) is 60.7 Å². The predicted molar refractivity (Wildman–Crippen MR) is 99.9 cm³/mol. The highest BCUT2D eigenvalue weighted by atomic mass is 16.5. The van der Waals surface area contributed by atoms with Crippen molar-refractivity contribution in [1.29, 1.82) is 0 Å². The summed E-state index contributed by atoms with van der Waals surface area (Å²) in [5, 5.41) is 5.53. The van der Waals surface area contributed by atoms with Crippen molar-refractivity contribution in [3.05, 3.63) is 60.7 Å². The topological polar surface area (TPSA) is 56.3 Å². The van der Waals surface area contributed by atoms with Gasteiger partial charge in [-0.1, -0.05) is 24.3 Å². The van der Waals surface area contributed by atoms with E-state index in [4.69, 9.17) is 9.47 Å². The molecule has 0 aliphatic heterocycles. The van der Waals surface area contributed by atoms with E-state index in [1.54, 1.807) is 14.2 Å². The highest BCUT2D eigenvalue weighted by molar-refractivity contribution is 5.97. The predicted octanol–water partition coefficient (Wildman–Crippen LogP) is 4.54. The summed E-state index contributed by atoms with van der Waals surface area (Å²) in [5.41, 5.74) is 3.49. The Hall–Kier alpha value is -3.34. The van der Waals surface area contributed by atoms with Crippen molar-refractivity contribution in [2.75, 3.05) is 19.5 Å². The number of hydrogen-bond acceptors (Lipinski definition) is 5. The molecule has 0 fully saturated rings. The minimum Gasteiger partial charge on any atom is -0.481 e. The largest absolute Gasteiger partial charge is 0.481 e. The third-order valence-corrected chi connectivity index (χ3v) is 4.08. The van der Waals surface area contributed by atoms with Gasteiger partial charge in [-0.15, -0.1) is 0 Å². The molecule has 2 heterocycles. The summed E-state index contributed by atoms with van der Waals surface area (Å²) in [4.78, 5) is 9.15. The molecular weight excluding hydrogens is 314 g/mol. The maximum atomic E-state index is 5.26. The second kappa shape index (κ2) is 6.28. The number of aromatic nitrogens is 2. The molecule has 0 amide bonds. The molecule has 124 valence electrons. The van der Waals surface area contributed by atoms with Gasteiger partial charge < -0.3 is 14.8 Å². The van der Waals surface area contributed by atoms with E-state index in [1.165, 1.54) is 0 Å². The molecule has 4 aromatic rings. The number of ether oxygens (including phenoxy) is 2. The molecule has 25 heavy (non-hydrogen) atoms. The van der Waals surface area contributed by atoms with Gasteiger partial charge in [0, 0.05) is 22.9 Å². The minimum absolute atomic E-state index is 0.583. The molecular formula is C20H17N3O2. The van der Waals surface area contributed by atoms with Gasteiger partial charge in [0.05, 0.1) is 36.6 Å². The smallest absolute Gasteiger partial charge is 0.213 e. The van der Waals surface area contributed by atoms with E-state index < -0.39 is 0 Å². The number of rotatable bonds is 4. The SMILES string of the molecule is COc1ccc2cccc(Nc3cccc4ccc(OC)nc34)c2n1. The van der Waals surface area contributed by atoms with Crippen molar-refractivity contribution >= 4 is 33.2 Å². The molecule has 0 spiro atoms. The third-order valence-electron chi connectivity index (χ3n) is 4.08. The van der Waals surface area contributed by atoms with Crippen LogP contribution < -0.4 is 14.8 Å². The maximum absolute atomic E-state index is 5.26. The number of benzene rings is 2. The summed E-state index contributed by atoms with van der Waals surface area (Å²) in [6, 6.07) is 19.7. The lowest BCUT2D eigenvalue weighted by Gasteiger charge is -2.12. The number of nitrogens with one attached hydrogen (secondary N) is 1. The van der Waals surface area contributed by atoms with Gasteiger partial charge in [0.15, 0.2) is 0 Å². The van der Waals surface area contributed by atoms with Gasteiger partial charge in [-0.05, 0) is 24.3 Å². The molecule has 5 heteroatoms. The fourth-order valence-electron chi connectivity index (χ4n) is 2.83. The Morgan fingerprint density at radius 1 is 0.640 bits per heavy atom. The number of fused-ring (bicyclic) bond motifs is 2. The highest BCUT2D eigenvalue weighted by Gasteiger charge is 2.08. The van der Waals surface area contributed by atoms with E-state index in [0.717, 1.165) is 33.2 Å². The molecule has 1 N–H and O–H groups in total. The van der Waals surface area contributed by atoms with Crippen LogP contribution >= 0.6 is 0 Å². The van der Waals surface area contributed by atoms with Crippen LogP contribution in [0.2, 0.25) is 0 Å². The summed E-state index contributed by atoms with van der Waals surface area (Å²) < 4.78 is 10.5. The van der Waals surface area contributed by atoms with Crippen molar-refractivity contribution in [2.24, 2.45) is 0 Å². The Balaban J connectivity index is 1.85. The standard InChI is InChI=1S/C20H17N3O2/c1-24-17-11-9-13-5-3-7-15(19(13)22-17)21-16-8-4-6-14-10-12-18(25-2)23-20(14)16/h3-12,21H,1-2H3. The fraction of sp³-hybridized carbons (Fsp3) is 0.100. The Kier molecular flexibility index (Phi) is 3.82. The minimum atomic E-state index is 0.583. The van der Waals surface area contributed by atoms with Crippen LogP contribution in [0.25, 0.3) is 21.8 Å². The first-order valence-corrected chi connectivity index (χ1v) is 7.93. The van der Waals surface area contributed by atoms with Crippen LogP contribution in [-0.2, 0) is 0 Å². The van der Waals surface area contributed by atoms with E-state index in [0.29, 0.717) is 11.8 Å². The zero-order valence-corrected chi connectivity index (χ0v) is 14.0. The Bertz CT molecular complexity index is 978. The second-order valence-electron chi connectivity index (χ2n) is 5.59. The first-order valence-electron chi connectivity index (χ1n) is 7.93. The van der Waals surface area contributed by atoms with Gasteiger partial charge in [-0.25, -0.2) is 9.97 Å². The van der Waals surface area contributed by atoms with Crippen LogP contribution in [0.15, 0.2) is 60.7 Å². The van der Waals surface area contributed by atoms with E-state index >= 15 is 0 Å². The molecule has 2 aromatic carbocycles. The van der Waals surface area contributed by atoms with Crippen molar-refractivity contribution in [1.82, 2.24) is 9.97 Å². The Morgan fingerprint density at radius 2 is 1.12 bits per heavy atom. The molecule has 5 nitrogen and oxygen atoms in total. The molecule has 0 saturated carbocycles. The summed E-state index contributed by atoms with van der Waals surface area (Å²) in [6.45, 7) is 0. The van der Waals surface area contributed by atoms with Gasteiger partial charge >= 0.3 is 0 Å². The zero-order chi connectivity index (χ0) is 17.2. The number of methoxy groups -OCH3 is 2. The van der Waals surface area contributed by atoms with Gasteiger partial charge in [0.1, 0.15) is 0 Å². The van der Waals surface area contributed by atoms with Gasteiger partial charge in [-0.2, -0.15) is 0 Å². The first kappa shape index (κ1) is 15.2. The molecule has 0 aliphatic carbocycles. The average molecular weight is 331 g/mol. The molecule has 0 bridgehead atoms. The van der Waals surface area contributed by atoms with Gasteiger partial charge in [0.2, 0.25) is 11.8 Å². The Labute approximate surface area is 145 Å². The third kappa shape index (κ3) is 2.80. The van der Waals surface area contributed by atoms with Gasteiger partial charge in [0.25, 0.3) is 0 Å². The normalized spacial score (nSPS) is 10.8. The monoisotopic (exact) mass is 331 g/mol. The lowest BCUT2D eigenvalue weighted by atomic mass is 10.1. The quantitative estimate of drug-likeness (QED) is 0.595. The van der Waals surface area contributed by atoms with E-state index in [9.17, 15) is 0 Å². The molecule has 0 radical (unpaired) electrons. The van der Waals surface area contributed by atoms with Crippen molar-refractivity contribution < 1.29 is 9.47 Å². The van der Waals surface area contributed by atoms with Crippen LogP contribution in [-0.4, -0.2) is 24.2 Å². The molecule has 2 aromatic heterocycles. The second-order valence-corrected chi connectivity index (χ2v) is 5.59. The first-order chi connectivity index (χ1) is 12.3. The van der Waals surface area contributed by atoms with Crippen LogP contribution in [0.5, 0.6) is 11.8 Å². The highest BCUT2D eigenvalue weighted by Crippen LogP contribution is 2.30. The molecule has 0 unspecified atom stereocenters. The van der Waals surface area contributed by atoms with Crippen LogP contribution in [0.3, 0.4) is 0 Å². The number of nitrogens with zero attached hydrogens (tertiary/aromatic N) is 2. The zero-order valence-electron chi connectivity index (χ0n) is 14.0. The number of anilines is 2. The maximum Gasteiger partial charge on any atom is 0.213 e. The lowest BCUT2D eigenvalue weighted by molar-refractivity contribution is 0.399. The number of para-hydroxylation sites is 2. The summed E-state index contributed by atoms with van der Waals surface area (Å²) in [6.07, 6.45) is 0. The van der Waals surface area contributed by atoms with Crippen molar-refractivity contribution in [2.45, 2.75) is 0 Å². The number of hydrogen-bond donors (Lipinski definition) is 1. The van der Waals surface area contributed by atoms with Crippen LogP contribution in [0.4, 0.5) is 11.4 Å². The molecule has 4 rings (SSSR count). The van der Waals surface area contributed by atoms with Crippen molar-refractivity contribution in [3.8, 4) is 11.8 Å². The molecule has 0 atom stereocenters. The molecule has 0 saturated heterocycles.